The Morgan fingerprint density at radius 3 is 2.53 bits per heavy atom. The van der Waals surface area contributed by atoms with Gasteiger partial charge in [0.25, 0.3) is 0 Å². The molecule has 0 aromatic heterocycles. The Hall–Kier alpha value is -2.15. The zero-order valence-corrected chi connectivity index (χ0v) is 17.4. The first kappa shape index (κ1) is 21.1. The van der Waals surface area contributed by atoms with Crippen LogP contribution in [0.1, 0.15) is 24.0 Å². The summed E-state index contributed by atoms with van der Waals surface area (Å²) in [6.45, 7) is 0.988. The summed E-state index contributed by atoms with van der Waals surface area (Å²) in [4.78, 5) is 2.02. The van der Waals surface area contributed by atoms with E-state index in [1.807, 2.05) is 17.2 Å². The number of ether oxygens (including phenoxy) is 1. The lowest BCUT2D eigenvalue weighted by Gasteiger charge is -2.30. The Balaban J connectivity index is 1.67. The zero-order valence-electron chi connectivity index (χ0n) is 15.8. The van der Waals surface area contributed by atoms with Gasteiger partial charge >= 0.3 is 6.36 Å². The Morgan fingerprint density at radius 1 is 1.10 bits per heavy atom. The van der Waals surface area contributed by atoms with Crippen LogP contribution in [0.4, 0.5) is 13.2 Å². The fraction of sp³-hybridized carbons (Fsp3) is 0.273. The van der Waals surface area contributed by atoms with Crippen molar-refractivity contribution < 1.29 is 17.9 Å². The van der Waals surface area contributed by atoms with Crippen molar-refractivity contribution in [2.75, 3.05) is 6.54 Å². The Labute approximate surface area is 182 Å². The van der Waals surface area contributed by atoms with Gasteiger partial charge in [-0.2, -0.15) is 0 Å². The van der Waals surface area contributed by atoms with Crippen molar-refractivity contribution in [3.05, 3.63) is 81.5 Å². The topological polar surface area (TPSA) is 38.5 Å². The van der Waals surface area contributed by atoms with Crippen molar-refractivity contribution in [3.63, 3.8) is 0 Å². The molecule has 1 aliphatic carbocycles. The third kappa shape index (κ3) is 4.61. The van der Waals surface area contributed by atoms with Crippen LogP contribution >= 0.6 is 23.2 Å². The summed E-state index contributed by atoms with van der Waals surface area (Å²) in [5.74, 6) is -0.238. The van der Waals surface area contributed by atoms with E-state index in [1.165, 1.54) is 12.1 Å². The molecular weight excluding hydrogens is 436 g/mol. The van der Waals surface area contributed by atoms with Gasteiger partial charge in [-0.3, -0.25) is 0 Å². The monoisotopic (exact) mass is 454 g/mol. The molecule has 2 aromatic carbocycles. The molecule has 0 atom stereocenters. The van der Waals surface area contributed by atoms with Gasteiger partial charge in [0, 0.05) is 40.4 Å². The Morgan fingerprint density at radius 2 is 1.83 bits per heavy atom. The molecule has 1 fully saturated rings. The van der Waals surface area contributed by atoms with Crippen LogP contribution in [0, 0.1) is 0 Å². The van der Waals surface area contributed by atoms with Gasteiger partial charge in [0.15, 0.2) is 0 Å². The van der Waals surface area contributed by atoms with Gasteiger partial charge in [-0.1, -0.05) is 47.5 Å². The highest BCUT2D eigenvalue weighted by Crippen LogP contribution is 2.48. The molecule has 8 heteroatoms. The predicted octanol–water partition coefficient (Wildman–Crippen LogP) is 6.17. The largest absolute Gasteiger partial charge is 0.573 e. The maximum absolute atomic E-state index is 12.9. The number of halogens is 5. The molecule has 158 valence electrons. The Bertz CT molecular complexity index is 1030. The number of hydrogen-bond donors (Lipinski definition) is 1. The molecule has 0 unspecified atom stereocenters. The highest BCUT2D eigenvalue weighted by molar-refractivity contribution is 6.33. The standard InChI is InChI=1S/C22H19Cl2F3N2O/c23-15-5-6-19(24)14(11-15)12-29-10-7-16(18(13-29)21(28)8-9-21)17-3-1-2-4-20(17)30-22(25,26)27/h1-7,11,13H,8-10,12,28H2. The van der Waals surface area contributed by atoms with E-state index in [9.17, 15) is 13.2 Å². The third-order valence-corrected chi connectivity index (χ3v) is 5.84. The van der Waals surface area contributed by atoms with Crippen molar-refractivity contribution >= 4 is 28.8 Å². The molecule has 1 aliphatic heterocycles. The summed E-state index contributed by atoms with van der Waals surface area (Å²) in [5.41, 5.74) is 8.63. The summed E-state index contributed by atoms with van der Waals surface area (Å²) >= 11 is 12.4. The molecule has 1 saturated carbocycles. The molecule has 2 aliphatic rings. The Kier molecular flexibility index (Phi) is 5.51. The fourth-order valence-electron chi connectivity index (χ4n) is 3.58. The first-order valence-electron chi connectivity index (χ1n) is 9.39. The molecule has 30 heavy (non-hydrogen) atoms. The lowest BCUT2D eigenvalue weighted by Crippen LogP contribution is -2.31. The SMILES string of the molecule is NC1(C2=CN(Cc3cc(Cl)ccc3Cl)CC=C2c2ccccc2OC(F)(F)F)CC1. The number of para-hydroxylation sites is 1. The molecule has 0 spiro atoms. The molecule has 0 saturated heterocycles. The normalized spacial score (nSPS) is 18.0. The van der Waals surface area contributed by atoms with Crippen molar-refractivity contribution in [2.24, 2.45) is 5.73 Å². The van der Waals surface area contributed by atoms with Crippen molar-refractivity contribution in [2.45, 2.75) is 31.3 Å². The van der Waals surface area contributed by atoms with Gasteiger partial charge < -0.3 is 15.4 Å². The van der Waals surface area contributed by atoms with Crippen LogP contribution < -0.4 is 10.5 Å². The fourth-order valence-corrected chi connectivity index (χ4v) is 3.95. The first-order valence-corrected chi connectivity index (χ1v) is 10.2. The minimum atomic E-state index is -4.77. The number of benzene rings is 2. The van der Waals surface area contributed by atoms with Crippen LogP contribution in [-0.4, -0.2) is 23.3 Å². The van der Waals surface area contributed by atoms with Gasteiger partial charge in [-0.05, 0) is 53.8 Å². The summed E-state index contributed by atoms with van der Waals surface area (Å²) in [6, 6.07) is 11.4. The number of nitrogens with zero attached hydrogens (tertiary/aromatic N) is 1. The highest BCUT2D eigenvalue weighted by Gasteiger charge is 2.45. The van der Waals surface area contributed by atoms with Crippen molar-refractivity contribution in [1.82, 2.24) is 4.90 Å². The summed E-state index contributed by atoms with van der Waals surface area (Å²) in [7, 11) is 0. The lowest BCUT2D eigenvalue weighted by atomic mass is 9.89. The molecule has 0 bridgehead atoms. The summed E-state index contributed by atoms with van der Waals surface area (Å²) in [6.07, 6.45) is 0.572. The maximum atomic E-state index is 12.9. The zero-order chi connectivity index (χ0) is 21.5. The average molecular weight is 455 g/mol. The smallest absolute Gasteiger partial charge is 0.405 e. The molecule has 1 heterocycles. The third-order valence-electron chi connectivity index (χ3n) is 5.24. The van der Waals surface area contributed by atoms with Gasteiger partial charge in [0.05, 0.1) is 0 Å². The molecule has 4 rings (SSSR count). The lowest BCUT2D eigenvalue weighted by molar-refractivity contribution is -0.274. The minimum Gasteiger partial charge on any atom is -0.405 e. The summed E-state index contributed by atoms with van der Waals surface area (Å²) < 4.78 is 42.9. The molecule has 2 aromatic rings. The molecule has 0 amide bonds. The van der Waals surface area contributed by atoms with E-state index < -0.39 is 11.9 Å². The van der Waals surface area contributed by atoms with E-state index in [2.05, 4.69) is 4.74 Å². The molecule has 0 radical (unpaired) electrons. The van der Waals surface area contributed by atoms with Crippen LogP contribution in [0.3, 0.4) is 0 Å². The number of nitrogens with two attached hydrogens (primary N) is 1. The number of rotatable bonds is 5. The van der Waals surface area contributed by atoms with Crippen molar-refractivity contribution in [1.29, 1.82) is 0 Å². The molecule has 2 N–H and O–H groups in total. The van der Waals surface area contributed by atoms with E-state index in [0.717, 1.165) is 24.0 Å². The second kappa shape index (κ2) is 7.84. The van der Waals surface area contributed by atoms with E-state index in [0.29, 0.717) is 34.3 Å². The first-order chi connectivity index (χ1) is 14.1. The number of alkyl halides is 3. The van der Waals surface area contributed by atoms with Crippen LogP contribution in [0.2, 0.25) is 10.0 Å². The summed E-state index contributed by atoms with van der Waals surface area (Å²) in [5, 5.41) is 1.18. The average Bonchev–Trinajstić information content (AvgIpc) is 3.43. The van der Waals surface area contributed by atoms with Gasteiger partial charge in [-0.15, -0.1) is 13.2 Å². The van der Waals surface area contributed by atoms with E-state index >= 15 is 0 Å². The molecular formula is C22H19Cl2F3N2O. The van der Waals surface area contributed by atoms with Crippen LogP contribution in [0.15, 0.2) is 60.3 Å². The van der Waals surface area contributed by atoms with Gasteiger partial charge in [0.2, 0.25) is 0 Å². The maximum Gasteiger partial charge on any atom is 0.573 e. The quantitative estimate of drug-likeness (QED) is 0.587. The van der Waals surface area contributed by atoms with E-state index in [4.69, 9.17) is 28.9 Å². The highest BCUT2D eigenvalue weighted by atomic mass is 35.5. The van der Waals surface area contributed by atoms with Crippen LogP contribution in [0.25, 0.3) is 5.57 Å². The van der Waals surface area contributed by atoms with Gasteiger partial charge in [-0.25, -0.2) is 0 Å². The van der Waals surface area contributed by atoms with E-state index in [1.54, 1.807) is 30.3 Å². The van der Waals surface area contributed by atoms with E-state index in [-0.39, 0.29) is 5.75 Å². The van der Waals surface area contributed by atoms with Crippen LogP contribution in [-0.2, 0) is 6.54 Å². The van der Waals surface area contributed by atoms with Crippen molar-refractivity contribution in [3.8, 4) is 5.75 Å². The molecule has 3 nitrogen and oxygen atoms in total. The van der Waals surface area contributed by atoms with Gasteiger partial charge in [0.1, 0.15) is 5.75 Å². The van der Waals surface area contributed by atoms with Crippen LogP contribution in [0.5, 0.6) is 5.75 Å². The minimum absolute atomic E-state index is 0.238. The second-order valence-corrected chi connectivity index (χ2v) is 8.37. The predicted molar refractivity (Wildman–Crippen MR) is 112 cm³/mol. The number of hydrogen-bond acceptors (Lipinski definition) is 3. The second-order valence-electron chi connectivity index (χ2n) is 7.53.